The van der Waals surface area contributed by atoms with E-state index in [0.29, 0.717) is 6.10 Å². The van der Waals surface area contributed by atoms with E-state index in [1.807, 2.05) is 11.7 Å². The normalized spacial score (nSPS) is 23.3. The lowest BCUT2D eigenvalue weighted by Gasteiger charge is -2.20. The molecule has 1 atom stereocenters. The van der Waals surface area contributed by atoms with Crippen LogP contribution in [-0.4, -0.2) is 42.1 Å². The van der Waals surface area contributed by atoms with Crippen LogP contribution in [-0.2, 0) is 18.3 Å². The summed E-state index contributed by atoms with van der Waals surface area (Å²) in [5.74, 6) is 1.27. The average Bonchev–Trinajstić information content (AvgIpc) is 3.02. The maximum absolute atomic E-state index is 5.47. The van der Waals surface area contributed by atoms with E-state index in [9.17, 15) is 0 Å². The molecular formula is C14H24N4O. The molecule has 19 heavy (non-hydrogen) atoms. The first kappa shape index (κ1) is 12.9. The molecule has 2 heterocycles. The molecule has 0 spiro atoms. The Labute approximate surface area is 114 Å². The molecule has 1 aliphatic heterocycles. The lowest BCUT2D eigenvalue weighted by molar-refractivity contribution is 0.121. The number of aromatic nitrogens is 2. The summed E-state index contributed by atoms with van der Waals surface area (Å²) < 4.78 is 7.50. The second kappa shape index (κ2) is 5.13. The topological polar surface area (TPSA) is 42.3 Å². The second-order valence-electron chi connectivity index (χ2n) is 5.76. The van der Waals surface area contributed by atoms with E-state index in [-0.39, 0.29) is 0 Å². The molecule has 1 saturated heterocycles. The van der Waals surface area contributed by atoms with Crippen LogP contribution in [0.1, 0.15) is 30.5 Å². The fraction of sp³-hybridized carbons (Fsp3) is 0.786. The van der Waals surface area contributed by atoms with E-state index in [1.54, 1.807) is 7.11 Å². The molecule has 2 fully saturated rings. The Morgan fingerprint density at radius 1 is 1.37 bits per heavy atom. The summed E-state index contributed by atoms with van der Waals surface area (Å²) in [7, 11) is 3.85. The summed E-state index contributed by atoms with van der Waals surface area (Å²) in [6.07, 6.45) is 4.11. The highest BCUT2D eigenvalue weighted by atomic mass is 16.5. The van der Waals surface area contributed by atoms with Gasteiger partial charge in [0.15, 0.2) is 0 Å². The van der Waals surface area contributed by atoms with Gasteiger partial charge in [0.1, 0.15) is 5.82 Å². The van der Waals surface area contributed by atoms with Crippen molar-refractivity contribution in [3.63, 3.8) is 0 Å². The van der Waals surface area contributed by atoms with Crippen molar-refractivity contribution in [2.24, 2.45) is 7.05 Å². The molecule has 3 rings (SSSR count). The maximum Gasteiger partial charge on any atom is 0.131 e. The second-order valence-corrected chi connectivity index (χ2v) is 5.76. The molecule has 106 valence electrons. The number of ether oxygens (including phenoxy) is 1. The van der Waals surface area contributed by atoms with Gasteiger partial charge in [-0.05, 0) is 26.2 Å². The Morgan fingerprint density at radius 2 is 2.16 bits per heavy atom. The molecular weight excluding hydrogens is 240 g/mol. The molecule has 1 saturated carbocycles. The minimum Gasteiger partial charge on any atom is -0.380 e. The van der Waals surface area contributed by atoms with Crippen molar-refractivity contribution >= 4 is 5.82 Å². The molecule has 1 aromatic rings. The molecule has 0 bridgehead atoms. The van der Waals surface area contributed by atoms with Gasteiger partial charge in [-0.3, -0.25) is 4.68 Å². The highest BCUT2D eigenvalue weighted by molar-refractivity contribution is 5.51. The molecule has 0 aromatic carbocycles. The Bertz CT molecular complexity index is 453. The third kappa shape index (κ3) is 2.62. The van der Waals surface area contributed by atoms with Crippen LogP contribution in [0.5, 0.6) is 0 Å². The number of aryl methyl sites for hydroxylation is 2. The van der Waals surface area contributed by atoms with Crippen molar-refractivity contribution in [2.75, 3.05) is 25.1 Å². The fourth-order valence-corrected chi connectivity index (χ4v) is 2.94. The highest BCUT2D eigenvalue weighted by Gasteiger charge is 2.28. The van der Waals surface area contributed by atoms with Gasteiger partial charge in [0, 0.05) is 45.4 Å². The molecule has 1 aliphatic carbocycles. The Hall–Kier alpha value is -1.07. The van der Waals surface area contributed by atoms with Gasteiger partial charge in [0.2, 0.25) is 0 Å². The van der Waals surface area contributed by atoms with E-state index in [2.05, 4.69) is 22.2 Å². The van der Waals surface area contributed by atoms with E-state index in [1.165, 1.54) is 24.2 Å². The quantitative estimate of drug-likeness (QED) is 0.868. The van der Waals surface area contributed by atoms with Crippen LogP contribution in [0.2, 0.25) is 0 Å². The molecule has 1 aromatic heterocycles. The number of anilines is 1. The minimum absolute atomic E-state index is 0.361. The number of nitrogens with one attached hydrogen (secondary N) is 1. The lowest BCUT2D eigenvalue weighted by atomic mass is 10.2. The number of rotatable bonds is 5. The van der Waals surface area contributed by atoms with Gasteiger partial charge in [-0.2, -0.15) is 5.10 Å². The van der Waals surface area contributed by atoms with Gasteiger partial charge in [0.05, 0.1) is 11.8 Å². The zero-order chi connectivity index (χ0) is 13.4. The van der Waals surface area contributed by atoms with Crippen molar-refractivity contribution in [3.8, 4) is 0 Å². The van der Waals surface area contributed by atoms with Gasteiger partial charge < -0.3 is 15.0 Å². The first-order valence-corrected chi connectivity index (χ1v) is 7.22. The molecule has 2 aliphatic rings. The van der Waals surface area contributed by atoms with Crippen molar-refractivity contribution in [2.45, 2.75) is 44.9 Å². The van der Waals surface area contributed by atoms with Crippen molar-refractivity contribution in [3.05, 3.63) is 11.3 Å². The summed E-state index contributed by atoms with van der Waals surface area (Å²) in [4.78, 5) is 2.41. The van der Waals surface area contributed by atoms with Crippen molar-refractivity contribution < 1.29 is 4.74 Å². The average molecular weight is 264 g/mol. The van der Waals surface area contributed by atoms with E-state index >= 15 is 0 Å². The van der Waals surface area contributed by atoms with Gasteiger partial charge in [-0.15, -0.1) is 0 Å². The molecule has 1 N–H and O–H groups in total. The van der Waals surface area contributed by atoms with E-state index < -0.39 is 0 Å². The molecule has 1 unspecified atom stereocenters. The van der Waals surface area contributed by atoms with Gasteiger partial charge in [-0.25, -0.2) is 0 Å². The molecule has 0 amide bonds. The first-order chi connectivity index (χ1) is 9.19. The minimum atomic E-state index is 0.361. The van der Waals surface area contributed by atoms with Crippen LogP contribution < -0.4 is 10.2 Å². The van der Waals surface area contributed by atoms with E-state index in [0.717, 1.165) is 37.8 Å². The maximum atomic E-state index is 5.47. The van der Waals surface area contributed by atoms with Crippen molar-refractivity contribution in [1.82, 2.24) is 15.1 Å². The zero-order valence-corrected chi connectivity index (χ0v) is 12.1. The summed E-state index contributed by atoms with van der Waals surface area (Å²) in [6, 6.07) is 0.734. The monoisotopic (exact) mass is 264 g/mol. The standard InChI is InChI=1S/C14H24N4O/c1-10-13(8-15-11-4-5-11)14(17(2)16-10)18-7-6-12(9-18)19-3/h11-12,15H,4-9H2,1-3H3. The lowest BCUT2D eigenvalue weighted by Crippen LogP contribution is -2.26. The SMILES string of the molecule is COC1CCN(c2c(CNC3CC3)c(C)nn2C)C1. The van der Waals surface area contributed by atoms with Gasteiger partial charge in [-0.1, -0.05) is 0 Å². The smallest absolute Gasteiger partial charge is 0.131 e. The predicted molar refractivity (Wildman–Crippen MR) is 75.4 cm³/mol. The van der Waals surface area contributed by atoms with Crippen molar-refractivity contribution in [1.29, 1.82) is 0 Å². The molecule has 5 nitrogen and oxygen atoms in total. The van der Waals surface area contributed by atoms with Crippen LogP contribution in [0.15, 0.2) is 0 Å². The van der Waals surface area contributed by atoms with Crippen LogP contribution in [0, 0.1) is 6.92 Å². The van der Waals surface area contributed by atoms with Crippen LogP contribution in [0.4, 0.5) is 5.82 Å². The molecule has 0 radical (unpaired) electrons. The predicted octanol–water partition coefficient (Wildman–Crippen LogP) is 1.21. The van der Waals surface area contributed by atoms with Crippen LogP contribution in [0.25, 0.3) is 0 Å². The Kier molecular flexibility index (Phi) is 3.50. The fourth-order valence-electron chi connectivity index (χ4n) is 2.94. The van der Waals surface area contributed by atoms with Gasteiger partial charge >= 0.3 is 0 Å². The third-order valence-corrected chi connectivity index (χ3v) is 4.24. The largest absolute Gasteiger partial charge is 0.380 e. The highest BCUT2D eigenvalue weighted by Crippen LogP contribution is 2.28. The van der Waals surface area contributed by atoms with Crippen LogP contribution >= 0.6 is 0 Å². The number of hydrogen-bond donors (Lipinski definition) is 1. The summed E-state index contributed by atoms with van der Waals surface area (Å²) in [5.41, 5.74) is 2.50. The molecule has 5 heteroatoms. The first-order valence-electron chi connectivity index (χ1n) is 7.22. The zero-order valence-electron chi connectivity index (χ0n) is 12.1. The number of methoxy groups -OCH3 is 1. The van der Waals surface area contributed by atoms with Gasteiger partial charge in [0.25, 0.3) is 0 Å². The summed E-state index contributed by atoms with van der Waals surface area (Å²) in [6.45, 7) is 5.09. The third-order valence-electron chi connectivity index (χ3n) is 4.24. The number of nitrogens with zero attached hydrogens (tertiary/aromatic N) is 3. The Balaban J connectivity index is 1.78. The summed E-state index contributed by atoms with van der Waals surface area (Å²) in [5, 5.41) is 8.20. The number of hydrogen-bond acceptors (Lipinski definition) is 4. The van der Waals surface area contributed by atoms with E-state index in [4.69, 9.17) is 4.74 Å². The Morgan fingerprint density at radius 3 is 2.79 bits per heavy atom. The summed E-state index contributed by atoms with van der Waals surface area (Å²) >= 11 is 0. The van der Waals surface area contributed by atoms with Crippen LogP contribution in [0.3, 0.4) is 0 Å².